The molecule has 3 rings (SSSR count). The zero-order valence-corrected chi connectivity index (χ0v) is 24.2. The van der Waals surface area contributed by atoms with Crippen molar-refractivity contribution in [2.45, 2.75) is 66.5 Å². The summed E-state index contributed by atoms with van der Waals surface area (Å²) in [6.07, 6.45) is -25.9. The summed E-state index contributed by atoms with van der Waals surface area (Å²) < 4.78 is 170. The van der Waals surface area contributed by atoms with E-state index in [0.29, 0.717) is 23.8 Å². The van der Waals surface area contributed by atoms with Gasteiger partial charge in [-0.05, 0) is 0 Å². The van der Waals surface area contributed by atoms with Crippen LogP contribution in [0.25, 0.3) is 0 Å². The first-order valence-electron chi connectivity index (χ1n) is 10.8. The summed E-state index contributed by atoms with van der Waals surface area (Å²) in [5.74, 6) is 0. The molecule has 0 saturated heterocycles. The number of hydrogen-bond donors (Lipinski definition) is 1. The van der Waals surface area contributed by atoms with E-state index in [1.165, 1.54) is 0 Å². The molecule has 0 amide bonds. The number of rotatable bonds is 3. The van der Waals surface area contributed by atoms with E-state index in [-0.39, 0.29) is 0 Å². The summed E-state index contributed by atoms with van der Waals surface area (Å²) >= 11 is -5.11. The third kappa shape index (κ3) is 4.66. The normalized spacial score (nSPS) is 20.7. The fraction of sp³-hybridized carbons (Fsp3) is 0.478. The molecular weight excluding hydrogens is 738 g/mol. The first-order valence-corrected chi connectivity index (χ1v) is 21.9. The average Bonchev–Trinajstić information content (AvgIpc) is 3.00. The van der Waals surface area contributed by atoms with Gasteiger partial charge in [-0.1, -0.05) is 0 Å². The molecule has 39 heavy (non-hydrogen) atoms. The van der Waals surface area contributed by atoms with Gasteiger partial charge in [-0.2, -0.15) is 0 Å². The number of alkyl halides is 12. The van der Waals surface area contributed by atoms with Crippen molar-refractivity contribution in [1.29, 1.82) is 0 Å². The number of aliphatic hydroxyl groups is 1. The van der Waals surface area contributed by atoms with Gasteiger partial charge in [0.25, 0.3) is 0 Å². The summed E-state index contributed by atoms with van der Waals surface area (Å²) in [5.41, 5.74) is -13.0. The van der Waals surface area contributed by atoms with Gasteiger partial charge in [-0.25, -0.2) is 0 Å². The fourth-order valence-corrected chi connectivity index (χ4v) is 25.7. The zero-order valence-electron chi connectivity index (χ0n) is 20.0. The Morgan fingerprint density at radius 3 is 1.56 bits per heavy atom. The molecule has 1 heterocycles. The molecule has 2 aromatic carbocycles. The summed E-state index contributed by atoms with van der Waals surface area (Å²) in [4.78, 5) is 0. The molecule has 0 bridgehead atoms. The van der Waals surface area contributed by atoms with Crippen LogP contribution < -0.4 is 7.02 Å². The standard InChI is InChI=1S/C10H13.C9H4F6O.C4H3F6O.BrH.Sb/c1-10(2,3)9-7-5-4-6-8-9;10-8(11,12)7(16,9(13,14)15)6-4-2-1-3-5-6;1-2(11,3(5,6)7)4(8,9)10;;/h5-8H,1-3H3;1-4H;11H,1H2;1H;/q;-1;;;+2/p-1. The van der Waals surface area contributed by atoms with Crippen molar-refractivity contribution in [2.75, 3.05) is 0 Å². The predicted molar refractivity (Wildman–Crippen MR) is 122 cm³/mol. The minimum absolute atomic E-state index is 0.291. The van der Waals surface area contributed by atoms with Gasteiger partial charge >= 0.3 is 222 Å². The van der Waals surface area contributed by atoms with Crippen molar-refractivity contribution in [3.8, 4) is 0 Å². The Balaban J connectivity index is 2.58. The average molecular weight is 758 g/mol. The second-order valence-corrected chi connectivity index (χ2v) is 30.8. The van der Waals surface area contributed by atoms with Gasteiger partial charge in [0.2, 0.25) is 0 Å². The van der Waals surface area contributed by atoms with E-state index < -0.39 is 73.8 Å². The van der Waals surface area contributed by atoms with Crippen LogP contribution in [-0.2, 0) is 14.0 Å². The van der Waals surface area contributed by atoms with Crippen molar-refractivity contribution < 1.29 is 60.8 Å². The Kier molecular flexibility index (Phi) is 7.39. The van der Waals surface area contributed by atoms with E-state index in [0.717, 1.165) is 30.3 Å². The fourth-order valence-electron chi connectivity index (χ4n) is 4.52. The Morgan fingerprint density at radius 1 is 0.744 bits per heavy atom. The molecule has 0 unspecified atom stereocenters. The number of halogens is 13. The van der Waals surface area contributed by atoms with Crippen molar-refractivity contribution in [1.82, 2.24) is 0 Å². The van der Waals surface area contributed by atoms with Crippen LogP contribution >= 0.6 is 12.6 Å². The third-order valence-electron chi connectivity index (χ3n) is 6.59. The van der Waals surface area contributed by atoms with Gasteiger partial charge in [-0.15, -0.1) is 0 Å². The maximum atomic E-state index is 14.4. The van der Waals surface area contributed by atoms with Crippen molar-refractivity contribution >= 4 is 35.2 Å². The number of benzene rings is 2. The van der Waals surface area contributed by atoms with Gasteiger partial charge in [-0.3, -0.25) is 0 Å². The molecule has 0 aliphatic carbocycles. The van der Waals surface area contributed by atoms with E-state index in [4.69, 9.17) is 3.02 Å². The summed E-state index contributed by atoms with van der Waals surface area (Å²) in [6.45, 7) is 4.99. The number of fused-ring (bicyclic) bond motifs is 1. The van der Waals surface area contributed by atoms with Crippen LogP contribution in [0.3, 0.4) is 0 Å². The molecule has 1 N–H and O–H groups in total. The molecule has 0 saturated carbocycles. The van der Waals surface area contributed by atoms with Gasteiger partial charge in [0.1, 0.15) is 0 Å². The SMILES string of the molecule is CC(C)(C)c1cc[c]([Sb]2([Br])([CH2]C(O)(C(F)(F)F)C(F)(F)F)[O]C(C(F)(F)F)(C(F)(F)F)c3cccc[c]32)cc1. The molecule has 0 aromatic heterocycles. The Morgan fingerprint density at radius 2 is 1.18 bits per heavy atom. The Hall–Kier alpha value is -1.18. The molecule has 0 spiro atoms. The number of hydrogen-bond acceptors (Lipinski definition) is 2. The molecule has 16 heteroatoms. The van der Waals surface area contributed by atoms with E-state index >= 15 is 0 Å². The third-order valence-corrected chi connectivity index (χ3v) is 27.0. The van der Waals surface area contributed by atoms with Crippen molar-refractivity contribution in [3.63, 3.8) is 0 Å². The molecular formula is C23H20BrF12O2Sb. The minimum atomic E-state index is -7.75. The monoisotopic (exact) mass is 756 g/mol. The van der Waals surface area contributed by atoms with Crippen molar-refractivity contribution in [2.24, 2.45) is 0 Å². The summed E-state index contributed by atoms with van der Waals surface area (Å²) in [6, 6.07) is 6.42. The molecule has 0 fully saturated rings. The van der Waals surface area contributed by atoms with Crippen molar-refractivity contribution in [3.05, 3.63) is 59.7 Å². The molecule has 1 aliphatic heterocycles. The summed E-state index contributed by atoms with van der Waals surface area (Å²) in [7, 11) is 0. The van der Waals surface area contributed by atoms with E-state index in [2.05, 4.69) is 12.6 Å². The van der Waals surface area contributed by atoms with E-state index in [1.54, 1.807) is 20.8 Å². The quantitative estimate of drug-likeness (QED) is 0.268. The summed E-state index contributed by atoms with van der Waals surface area (Å²) in [5, 5.41) is 10.1. The van der Waals surface area contributed by atoms with Crippen LogP contribution in [-0.4, -0.2) is 51.0 Å². The van der Waals surface area contributed by atoms with Crippen LogP contribution in [0.5, 0.6) is 0 Å². The topological polar surface area (TPSA) is 29.5 Å². The first kappa shape index (κ1) is 32.3. The maximum absolute atomic E-state index is 14.4. The second-order valence-electron chi connectivity index (χ2n) is 10.2. The first-order chi connectivity index (χ1) is 17.2. The van der Waals surface area contributed by atoms with Crippen LogP contribution in [0.1, 0.15) is 31.9 Å². The molecule has 2 aromatic rings. The van der Waals surface area contributed by atoms with Crippen LogP contribution in [0.2, 0.25) is 4.37 Å². The molecule has 0 radical (unpaired) electrons. The molecule has 2 nitrogen and oxygen atoms in total. The second kappa shape index (κ2) is 8.91. The molecule has 220 valence electrons. The van der Waals surface area contributed by atoms with Gasteiger partial charge < -0.3 is 0 Å². The molecule has 0 atom stereocenters. The van der Waals surface area contributed by atoms with Gasteiger partial charge in [0.05, 0.1) is 0 Å². The van der Waals surface area contributed by atoms with E-state index in [9.17, 15) is 57.8 Å². The Labute approximate surface area is 221 Å². The van der Waals surface area contributed by atoms with Crippen LogP contribution in [0, 0.1) is 0 Å². The van der Waals surface area contributed by atoms with Crippen LogP contribution in [0.15, 0.2) is 48.5 Å². The molecule has 1 aliphatic rings. The zero-order chi connectivity index (χ0) is 30.3. The Bertz CT molecular complexity index is 1210. The van der Waals surface area contributed by atoms with Gasteiger partial charge in [0, 0.05) is 0 Å². The van der Waals surface area contributed by atoms with E-state index in [1.807, 2.05) is 0 Å². The van der Waals surface area contributed by atoms with Gasteiger partial charge in [0.15, 0.2) is 0 Å². The predicted octanol–water partition coefficient (Wildman–Crippen LogP) is 7.10. The van der Waals surface area contributed by atoms with Crippen LogP contribution in [0.4, 0.5) is 52.7 Å².